The van der Waals surface area contributed by atoms with Crippen molar-refractivity contribution in [3.8, 4) is 11.5 Å². The van der Waals surface area contributed by atoms with Crippen molar-refractivity contribution in [2.45, 2.75) is 13.5 Å². The minimum absolute atomic E-state index is 0.118. The maximum Gasteiger partial charge on any atom is 0.344 e. The van der Waals surface area contributed by atoms with Crippen LogP contribution in [0.2, 0.25) is 10.0 Å². The van der Waals surface area contributed by atoms with E-state index in [1.54, 1.807) is 49.4 Å². The molecule has 0 saturated carbocycles. The lowest BCUT2D eigenvalue weighted by Crippen LogP contribution is -2.27. The van der Waals surface area contributed by atoms with E-state index < -0.39 is 11.9 Å². The maximum atomic E-state index is 12.8. The van der Waals surface area contributed by atoms with Crippen molar-refractivity contribution in [1.29, 1.82) is 0 Å². The highest BCUT2D eigenvalue weighted by atomic mass is 35.5. The number of ether oxygens (including phenoxy) is 3. The molecular weight excluding hydrogens is 477 g/mol. The molecule has 0 bridgehead atoms. The van der Waals surface area contributed by atoms with Crippen molar-refractivity contribution < 1.29 is 28.6 Å². The molecule has 168 valence electrons. The van der Waals surface area contributed by atoms with E-state index in [9.17, 15) is 14.4 Å². The molecule has 2 aromatic rings. The van der Waals surface area contributed by atoms with E-state index >= 15 is 0 Å². The monoisotopic (exact) mass is 495 g/mol. The Labute approximate surface area is 199 Å². The molecule has 1 aliphatic heterocycles. The zero-order valence-electron chi connectivity index (χ0n) is 17.2. The molecule has 1 saturated heterocycles. The maximum absolute atomic E-state index is 12.8. The zero-order chi connectivity index (χ0) is 23.3. The third-order valence-electron chi connectivity index (χ3n) is 4.29. The lowest BCUT2D eigenvalue weighted by Gasteiger charge is -2.13. The molecule has 0 unspecified atom stereocenters. The smallest absolute Gasteiger partial charge is 0.344 e. The Kier molecular flexibility index (Phi) is 8.06. The average Bonchev–Trinajstić information content (AvgIpc) is 3.00. The van der Waals surface area contributed by atoms with Gasteiger partial charge in [-0.3, -0.25) is 14.5 Å². The van der Waals surface area contributed by atoms with Gasteiger partial charge in [-0.1, -0.05) is 35.3 Å². The lowest BCUT2D eigenvalue weighted by atomic mass is 10.1. The number of amides is 2. The first-order chi connectivity index (χ1) is 15.3. The molecule has 1 fully saturated rings. The van der Waals surface area contributed by atoms with E-state index in [0.29, 0.717) is 10.6 Å². The number of halogens is 2. The van der Waals surface area contributed by atoms with Crippen LogP contribution >= 0.6 is 35.0 Å². The number of hydrogen-bond acceptors (Lipinski definition) is 7. The summed E-state index contributed by atoms with van der Waals surface area (Å²) in [6.45, 7) is 1.72. The van der Waals surface area contributed by atoms with Gasteiger partial charge in [0, 0.05) is 5.02 Å². The summed E-state index contributed by atoms with van der Waals surface area (Å²) in [5.41, 5.74) is 1.28. The minimum atomic E-state index is -0.539. The Balaban J connectivity index is 1.80. The number of nitrogens with zero attached hydrogens (tertiary/aromatic N) is 1. The van der Waals surface area contributed by atoms with Gasteiger partial charge < -0.3 is 14.2 Å². The highest BCUT2D eigenvalue weighted by molar-refractivity contribution is 8.18. The van der Waals surface area contributed by atoms with Crippen molar-refractivity contribution in [1.82, 2.24) is 4.90 Å². The Morgan fingerprint density at radius 2 is 1.97 bits per heavy atom. The van der Waals surface area contributed by atoms with Gasteiger partial charge in [0.1, 0.15) is 0 Å². The molecule has 10 heteroatoms. The molecule has 0 aromatic heterocycles. The fourth-order valence-electron chi connectivity index (χ4n) is 2.90. The van der Waals surface area contributed by atoms with Crippen LogP contribution in [0, 0.1) is 0 Å². The fraction of sp³-hybridized carbons (Fsp3) is 0.227. The summed E-state index contributed by atoms with van der Waals surface area (Å²) < 4.78 is 15.6. The quantitative estimate of drug-likeness (QED) is 0.368. The first-order valence-corrected chi connectivity index (χ1v) is 11.1. The molecule has 0 N–H and O–H groups in total. The third kappa shape index (κ3) is 5.76. The zero-order valence-corrected chi connectivity index (χ0v) is 19.6. The standard InChI is InChI=1S/C22H19Cl2NO6S/c1-3-30-19(26)12-31-20-16(24)8-14(9-17(20)29-2)10-18-21(27)25(22(28)32-18)11-13-5-4-6-15(23)7-13/h4-10H,3,11-12H2,1-2H3/b18-10-. The van der Waals surface area contributed by atoms with Crippen molar-refractivity contribution in [2.75, 3.05) is 20.3 Å². The molecule has 0 spiro atoms. The molecule has 1 heterocycles. The fourth-order valence-corrected chi connectivity index (χ4v) is 4.23. The Bertz CT molecular complexity index is 1090. The summed E-state index contributed by atoms with van der Waals surface area (Å²) >= 11 is 13.1. The SMILES string of the molecule is CCOC(=O)COc1c(Cl)cc(/C=C2\SC(=O)N(Cc3cccc(Cl)c3)C2=O)cc1OC. The molecule has 1 aliphatic rings. The normalized spacial score (nSPS) is 14.8. The van der Waals surface area contributed by atoms with Gasteiger partial charge in [0.2, 0.25) is 0 Å². The van der Waals surface area contributed by atoms with Crippen LogP contribution in [0.4, 0.5) is 4.79 Å². The molecule has 0 atom stereocenters. The van der Waals surface area contributed by atoms with Crippen molar-refractivity contribution in [3.63, 3.8) is 0 Å². The van der Waals surface area contributed by atoms with E-state index in [4.69, 9.17) is 37.4 Å². The lowest BCUT2D eigenvalue weighted by molar-refractivity contribution is -0.145. The highest BCUT2D eigenvalue weighted by Gasteiger charge is 2.35. The van der Waals surface area contributed by atoms with E-state index in [2.05, 4.69) is 0 Å². The summed E-state index contributed by atoms with van der Waals surface area (Å²) in [4.78, 5) is 38.1. The number of carbonyl (C=O) groups is 3. The van der Waals surface area contributed by atoms with Crippen LogP contribution in [0.15, 0.2) is 41.3 Å². The van der Waals surface area contributed by atoms with E-state index in [1.807, 2.05) is 0 Å². The van der Waals surface area contributed by atoms with Gasteiger partial charge >= 0.3 is 5.97 Å². The highest BCUT2D eigenvalue weighted by Crippen LogP contribution is 2.39. The number of methoxy groups -OCH3 is 1. The molecule has 7 nitrogen and oxygen atoms in total. The van der Waals surface area contributed by atoms with Crippen LogP contribution in [0.3, 0.4) is 0 Å². The second-order valence-electron chi connectivity index (χ2n) is 6.53. The van der Waals surface area contributed by atoms with Gasteiger partial charge in [0.15, 0.2) is 18.1 Å². The predicted molar refractivity (Wildman–Crippen MR) is 123 cm³/mol. The summed E-state index contributed by atoms with van der Waals surface area (Å²) in [5.74, 6) is -0.514. The van der Waals surface area contributed by atoms with E-state index in [-0.39, 0.29) is 46.4 Å². The topological polar surface area (TPSA) is 82.1 Å². The number of carbonyl (C=O) groups excluding carboxylic acids is 3. The first kappa shape index (κ1) is 24.0. The molecule has 3 rings (SSSR count). The van der Waals surface area contributed by atoms with Gasteiger partial charge in [-0.05, 0) is 60.2 Å². The van der Waals surface area contributed by atoms with Crippen LogP contribution in [-0.2, 0) is 20.9 Å². The third-order valence-corrected chi connectivity index (χ3v) is 5.72. The summed E-state index contributed by atoms with van der Waals surface area (Å²) in [7, 11) is 1.42. The van der Waals surface area contributed by atoms with Crippen LogP contribution in [0.5, 0.6) is 11.5 Å². The molecule has 2 aromatic carbocycles. The van der Waals surface area contributed by atoms with Gasteiger partial charge in [0.25, 0.3) is 11.1 Å². The van der Waals surface area contributed by atoms with Gasteiger partial charge in [0.05, 0.1) is 30.2 Å². The van der Waals surface area contributed by atoms with E-state index in [0.717, 1.165) is 22.2 Å². The minimum Gasteiger partial charge on any atom is -0.493 e. The van der Waals surface area contributed by atoms with Crippen LogP contribution in [0.25, 0.3) is 6.08 Å². The van der Waals surface area contributed by atoms with Crippen molar-refractivity contribution in [2.24, 2.45) is 0 Å². The molecular formula is C22H19Cl2NO6S. The molecule has 32 heavy (non-hydrogen) atoms. The van der Waals surface area contributed by atoms with Gasteiger partial charge in [-0.15, -0.1) is 0 Å². The Morgan fingerprint density at radius 3 is 2.66 bits per heavy atom. The Hall–Kier alpha value is -2.68. The van der Waals surface area contributed by atoms with Crippen molar-refractivity contribution in [3.05, 3.63) is 62.5 Å². The predicted octanol–water partition coefficient (Wildman–Crippen LogP) is 5.18. The summed E-state index contributed by atoms with van der Waals surface area (Å²) in [6.07, 6.45) is 1.55. The number of imide groups is 1. The summed E-state index contributed by atoms with van der Waals surface area (Å²) in [6, 6.07) is 10.1. The number of hydrogen-bond donors (Lipinski definition) is 0. The number of esters is 1. The molecule has 0 aliphatic carbocycles. The largest absolute Gasteiger partial charge is 0.493 e. The van der Waals surface area contributed by atoms with Gasteiger partial charge in [-0.2, -0.15) is 0 Å². The Morgan fingerprint density at radius 1 is 1.19 bits per heavy atom. The van der Waals surface area contributed by atoms with E-state index in [1.165, 1.54) is 7.11 Å². The van der Waals surface area contributed by atoms with Gasteiger partial charge in [-0.25, -0.2) is 4.79 Å². The summed E-state index contributed by atoms with van der Waals surface area (Å²) in [5, 5.41) is 0.323. The average molecular weight is 496 g/mol. The van der Waals surface area contributed by atoms with Crippen LogP contribution < -0.4 is 9.47 Å². The second kappa shape index (κ2) is 10.8. The molecule has 0 radical (unpaired) electrons. The second-order valence-corrected chi connectivity index (χ2v) is 8.36. The first-order valence-electron chi connectivity index (χ1n) is 9.48. The number of rotatable bonds is 8. The number of benzene rings is 2. The van der Waals surface area contributed by atoms with Crippen LogP contribution in [0.1, 0.15) is 18.1 Å². The van der Waals surface area contributed by atoms with Crippen LogP contribution in [-0.4, -0.2) is 42.3 Å². The van der Waals surface area contributed by atoms with Crippen molar-refractivity contribution >= 4 is 58.2 Å². The number of thioether (sulfide) groups is 1. The molecule has 2 amide bonds.